The van der Waals surface area contributed by atoms with Gasteiger partial charge in [-0.3, -0.25) is 0 Å². The Morgan fingerprint density at radius 3 is 2.58 bits per heavy atom. The van der Waals surface area contributed by atoms with Gasteiger partial charge in [0.1, 0.15) is 11.5 Å². The number of aliphatic hydroxyl groups excluding tert-OH is 1. The zero-order chi connectivity index (χ0) is 13.7. The van der Waals surface area contributed by atoms with E-state index in [1.165, 1.54) is 0 Å². The number of phenolic OH excluding ortho intramolecular Hbond substituents is 1. The molecule has 0 aliphatic rings. The molecule has 2 aromatic carbocycles. The number of benzene rings is 2. The zero-order valence-corrected chi connectivity index (χ0v) is 11.0. The van der Waals surface area contributed by atoms with E-state index in [2.05, 4.69) is 0 Å². The van der Waals surface area contributed by atoms with Gasteiger partial charge in [-0.15, -0.1) is 0 Å². The van der Waals surface area contributed by atoms with Crippen LogP contribution in [-0.2, 0) is 0 Å². The molecule has 0 saturated carbocycles. The summed E-state index contributed by atoms with van der Waals surface area (Å²) in [5, 5.41) is 19.8. The molecule has 0 heterocycles. The smallest absolute Gasteiger partial charge is 0.120 e. The van der Waals surface area contributed by atoms with Gasteiger partial charge in [-0.05, 0) is 24.3 Å². The molecule has 0 aromatic heterocycles. The van der Waals surface area contributed by atoms with Gasteiger partial charge in [0, 0.05) is 16.5 Å². The molecular weight excluding hydrogens is 264 g/mol. The Labute approximate surface area is 117 Å². The summed E-state index contributed by atoms with van der Waals surface area (Å²) >= 11 is 5.87. The standard InChI is InChI=1S/C15H15ClO3/c16-12-4-3-5-13(8-12)19-10-11(9-17)14-6-1-2-7-15(14)18/h1-8,11,17-18H,9-10H2. The van der Waals surface area contributed by atoms with Crippen molar-refractivity contribution in [2.45, 2.75) is 5.92 Å². The monoisotopic (exact) mass is 278 g/mol. The second-order valence-electron chi connectivity index (χ2n) is 4.21. The highest BCUT2D eigenvalue weighted by molar-refractivity contribution is 6.30. The first-order valence-electron chi connectivity index (χ1n) is 5.98. The predicted molar refractivity (Wildman–Crippen MR) is 74.9 cm³/mol. The lowest BCUT2D eigenvalue weighted by atomic mass is 10.00. The van der Waals surface area contributed by atoms with E-state index in [-0.39, 0.29) is 24.9 Å². The minimum atomic E-state index is -0.278. The van der Waals surface area contributed by atoms with Crippen LogP contribution in [0.5, 0.6) is 11.5 Å². The van der Waals surface area contributed by atoms with Crippen LogP contribution in [0, 0.1) is 0 Å². The number of rotatable bonds is 5. The van der Waals surface area contributed by atoms with Crippen LogP contribution in [0.25, 0.3) is 0 Å². The molecule has 0 aliphatic carbocycles. The van der Waals surface area contributed by atoms with Gasteiger partial charge < -0.3 is 14.9 Å². The third-order valence-electron chi connectivity index (χ3n) is 2.84. The highest BCUT2D eigenvalue weighted by atomic mass is 35.5. The number of aromatic hydroxyl groups is 1. The van der Waals surface area contributed by atoms with Crippen LogP contribution in [0.2, 0.25) is 5.02 Å². The summed E-state index contributed by atoms with van der Waals surface area (Å²) in [5.41, 5.74) is 0.673. The number of hydrogen-bond acceptors (Lipinski definition) is 3. The lowest BCUT2D eigenvalue weighted by molar-refractivity contribution is 0.203. The van der Waals surface area contributed by atoms with Crippen molar-refractivity contribution in [1.82, 2.24) is 0 Å². The summed E-state index contributed by atoms with van der Waals surface area (Å²) in [7, 11) is 0. The zero-order valence-electron chi connectivity index (χ0n) is 10.3. The van der Waals surface area contributed by atoms with E-state index in [4.69, 9.17) is 16.3 Å². The average molecular weight is 279 g/mol. The lowest BCUT2D eigenvalue weighted by Crippen LogP contribution is -2.14. The van der Waals surface area contributed by atoms with E-state index in [9.17, 15) is 10.2 Å². The van der Waals surface area contributed by atoms with E-state index in [0.29, 0.717) is 16.3 Å². The number of aliphatic hydroxyl groups is 1. The van der Waals surface area contributed by atoms with Gasteiger partial charge in [-0.1, -0.05) is 35.9 Å². The minimum Gasteiger partial charge on any atom is -0.508 e. The SMILES string of the molecule is OCC(COc1cccc(Cl)c1)c1ccccc1O. The summed E-state index contributed by atoms with van der Waals surface area (Å²) in [6.45, 7) is 0.173. The molecule has 0 amide bonds. The Morgan fingerprint density at radius 2 is 1.89 bits per heavy atom. The summed E-state index contributed by atoms with van der Waals surface area (Å²) < 4.78 is 5.59. The second-order valence-corrected chi connectivity index (χ2v) is 4.64. The van der Waals surface area contributed by atoms with Crippen LogP contribution in [0.1, 0.15) is 11.5 Å². The fourth-order valence-electron chi connectivity index (χ4n) is 1.83. The van der Waals surface area contributed by atoms with Crippen LogP contribution < -0.4 is 4.74 Å². The number of ether oxygens (including phenoxy) is 1. The van der Waals surface area contributed by atoms with Crippen molar-refractivity contribution in [1.29, 1.82) is 0 Å². The molecule has 2 rings (SSSR count). The molecule has 0 saturated heterocycles. The summed E-state index contributed by atoms with van der Waals surface area (Å²) in [6.07, 6.45) is 0. The van der Waals surface area contributed by atoms with E-state index in [1.54, 1.807) is 42.5 Å². The van der Waals surface area contributed by atoms with Gasteiger partial charge in [-0.2, -0.15) is 0 Å². The molecule has 2 aromatic rings. The van der Waals surface area contributed by atoms with Crippen LogP contribution in [-0.4, -0.2) is 23.4 Å². The molecule has 3 nitrogen and oxygen atoms in total. The van der Waals surface area contributed by atoms with E-state index in [0.717, 1.165) is 0 Å². The van der Waals surface area contributed by atoms with Crippen molar-refractivity contribution < 1.29 is 14.9 Å². The largest absolute Gasteiger partial charge is 0.508 e. The van der Waals surface area contributed by atoms with Gasteiger partial charge in [0.2, 0.25) is 0 Å². The van der Waals surface area contributed by atoms with Crippen molar-refractivity contribution in [2.24, 2.45) is 0 Å². The van der Waals surface area contributed by atoms with Crippen molar-refractivity contribution in [3.05, 3.63) is 59.1 Å². The molecule has 100 valence electrons. The molecule has 4 heteroatoms. The van der Waals surface area contributed by atoms with Crippen molar-refractivity contribution in [2.75, 3.05) is 13.2 Å². The molecule has 0 bridgehead atoms. The van der Waals surface area contributed by atoms with E-state index < -0.39 is 0 Å². The van der Waals surface area contributed by atoms with Crippen LogP contribution >= 0.6 is 11.6 Å². The number of phenols is 1. The molecule has 0 spiro atoms. The minimum absolute atomic E-state index is 0.0991. The van der Waals surface area contributed by atoms with Gasteiger partial charge in [-0.25, -0.2) is 0 Å². The third-order valence-corrected chi connectivity index (χ3v) is 3.08. The van der Waals surface area contributed by atoms with Crippen LogP contribution in [0.15, 0.2) is 48.5 Å². The summed E-state index contributed by atoms with van der Waals surface area (Å²) in [5.74, 6) is 0.526. The van der Waals surface area contributed by atoms with Crippen LogP contribution in [0.3, 0.4) is 0 Å². The second kappa shape index (κ2) is 6.45. The molecule has 0 fully saturated rings. The molecule has 19 heavy (non-hydrogen) atoms. The molecule has 1 atom stereocenters. The normalized spacial score (nSPS) is 12.1. The first-order chi connectivity index (χ1) is 9.20. The average Bonchev–Trinajstić information content (AvgIpc) is 2.41. The van der Waals surface area contributed by atoms with Gasteiger partial charge in [0.05, 0.1) is 13.2 Å². The Hall–Kier alpha value is -1.71. The highest BCUT2D eigenvalue weighted by Crippen LogP contribution is 2.26. The van der Waals surface area contributed by atoms with Gasteiger partial charge in [0.15, 0.2) is 0 Å². The Balaban J connectivity index is 2.06. The maximum absolute atomic E-state index is 9.77. The Morgan fingerprint density at radius 1 is 1.11 bits per heavy atom. The molecule has 1 unspecified atom stereocenters. The maximum Gasteiger partial charge on any atom is 0.120 e. The Bertz CT molecular complexity index is 542. The van der Waals surface area contributed by atoms with Crippen LogP contribution in [0.4, 0.5) is 0 Å². The van der Waals surface area contributed by atoms with E-state index in [1.807, 2.05) is 6.07 Å². The summed E-state index contributed by atoms with van der Waals surface area (Å²) in [6, 6.07) is 14.0. The predicted octanol–water partition coefficient (Wildman–Crippen LogP) is 3.20. The third kappa shape index (κ3) is 3.63. The number of hydrogen-bond donors (Lipinski definition) is 2. The quantitative estimate of drug-likeness (QED) is 0.883. The summed E-state index contributed by atoms with van der Waals surface area (Å²) in [4.78, 5) is 0. The van der Waals surface area contributed by atoms with Gasteiger partial charge >= 0.3 is 0 Å². The first kappa shape index (κ1) is 13.7. The molecule has 0 radical (unpaired) electrons. The molecule has 2 N–H and O–H groups in total. The highest BCUT2D eigenvalue weighted by Gasteiger charge is 2.15. The van der Waals surface area contributed by atoms with E-state index >= 15 is 0 Å². The lowest BCUT2D eigenvalue weighted by Gasteiger charge is -2.17. The van der Waals surface area contributed by atoms with Gasteiger partial charge in [0.25, 0.3) is 0 Å². The maximum atomic E-state index is 9.77. The Kier molecular flexibility index (Phi) is 4.66. The van der Waals surface area contributed by atoms with Crippen molar-refractivity contribution in [3.63, 3.8) is 0 Å². The number of halogens is 1. The topological polar surface area (TPSA) is 49.7 Å². The van der Waals surface area contributed by atoms with Crippen molar-refractivity contribution >= 4 is 11.6 Å². The molecule has 0 aliphatic heterocycles. The fraction of sp³-hybridized carbons (Fsp3) is 0.200. The first-order valence-corrected chi connectivity index (χ1v) is 6.35. The van der Waals surface area contributed by atoms with Crippen molar-refractivity contribution in [3.8, 4) is 11.5 Å². The number of para-hydroxylation sites is 1. The molecular formula is C15H15ClO3. The fourth-order valence-corrected chi connectivity index (χ4v) is 2.01.